The Morgan fingerprint density at radius 2 is 2.38 bits per heavy atom. The van der Waals surface area contributed by atoms with Crippen LogP contribution in [0.1, 0.15) is 30.0 Å². The van der Waals surface area contributed by atoms with Crippen molar-refractivity contribution < 1.29 is 0 Å². The summed E-state index contributed by atoms with van der Waals surface area (Å²) < 4.78 is 0. The lowest BCUT2D eigenvalue weighted by Gasteiger charge is -2.37. The van der Waals surface area contributed by atoms with Crippen LogP contribution in [0.3, 0.4) is 0 Å². The first kappa shape index (κ1) is 10.4. The number of fused-ring (bicyclic) bond motifs is 1. The number of hydrogen-bond acceptors (Lipinski definition) is 2. The summed E-state index contributed by atoms with van der Waals surface area (Å²) in [7, 11) is 2.24. The van der Waals surface area contributed by atoms with Gasteiger partial charge in [-0.05, 0) is 50.5 Å². The van der Waals surface area contributed by atoms with E-state index in [2.05, 4.69) is 34.5 Å². The smallest absolute Gasteiger partial charge is 0.0248 e. The molecule has 1 fully saturated rings. The van der Waals surface area contributed by atoms with E-state index in [0.29, 0.717) is 5.92 Å². The van der Waals surface area contributed by atoms with Gasteiger partial charge in [-0.15, -0.1) is 0 Å². The van der Waals surface area contributed by atoms with E-state index in [4.69, 9.17) is 0 Å². The fraction of sp³-hybridized carbons (Fsp3) is 0.692. The van der Waals surface area contributed by atoms with Crippen molar-refractivity contribution in [1.29, 1.82) is 0 Å². The van der Waals surface area contributed by atoms with Gasteiger partial charge in [0.05, 0.1) is 0 Å². The molecule has 1 aromatic heterocycles. The van der Waals surface area contributed by atoms with E-state index in [1.807, 2.05) is 0 Å². The van der Waals surface area contributed by atoms with Gasteiger partial charge < -0.3 is 15.2 Å². The average molecular weight is 219 g/mol. The van der Waals surface area contributed by atoms with Gasteiger partial charge in [0.15, 0.2) is 0 Å². The molecule has 2 atom stereocenters. The second kappa shape index (κ2) is 4.22. The van der Waals surface area contributed by atoms with Gasteiger partial charge in [-0.25, -0.2) is 0 Å². The summed E-state index contributed by atoms with van der Waals surface area (Å²) in [5.41, 5.74) is 3.01. The average Bonchev–Trinajstić information content (AvgIpc) is 2.77. The summed E-state index contributed by atoms with van der Waals surface area (Å²) >= 11 is 0. The third kappa shape index (κ3) is 1.78. The number of nitrogens with zero attached hydrogens (tertiary/aromatic N) is 1. The van der Waals surface area contributed by atoms with E-state index in [0.717, 1.165) is 12.5 Å². The van der Waals surface area contributed by atoms with Crippen molar-refractivity contribution in [3.8, 4) is 0 Å². The number of rotatable bonds is 1. The number of piperidine rings is 1. The third-order valence-electron chi connectivity index (χ3n) is 4.09. The van der Waals surface area contributed by atoms with Crippen molar-refractivity contribution in [1.82, 2.24) is 15.2 Å². The Kier molecular flexibility index (Phi) is 2.74. The normalized spacial score (nSPS) is 31.3. The zero-order chi connectivity index (χ0) is 11.0. The second-order valence-electron chi connectivity index (χ2n) is 5.33. The molecule has 3 heteroatoms. The number of aromatic nitrogens is 1. The van der Waals surface area contributed by atoms with Crippen LogP contribution in [0.4, 0.5) is 0 Å². The second-order valence-corrected chi connectivity index (χ2v) is 5.33. The van der Waals surface area contributed by atoms with Gasteiger partial charge >= 0.3 is 0 Å². The maximum atomic E-state index is 3.54. The Hall–Kier alpha value is -0.800. The molecular formula is C13H21N3. The van der Waals surface area contributed by atoms with Crippen LogP contribution in [0.15, 0.2) is 12.3 Å². The molecule has 0 bridgehead atoms. The van der Waals surface area contributed by atoms with E-state index >= 15 is 0 Å². The van der Waals surface area contributed by atoms with Crippen LogP contribution >= 0.6 is 0 Å². The van der Waals surface area contributed by atoms with Crippen LogP contribution in [0.2, 0.25) is 0 Å². The molecule has 88 valence electrons. The van der Waals surface area contributed by atoms with Crippen LogP contribution in [0.25, 0.3) is 0 Å². The zero-order valence-electron chi connectivity index (χ0n) is 10.00. The molecule has 3 rings (SSSR count). The lowest BCUT2D eigenvalue weighted by molar-refractivity contribution is 0.214. The van der Waals surface area contributed by atoms with E-state index in [9.17, 15) is 0 Å². The summed E-state index contributed by atoms with van der Waals surface area (Å²) in [6, 6.07) is 2.24. The Bertz CT molecular complexity index is 352. The van der Waals surface area contributed by atoms with Crippen LogP contribution in [0.5, 0.6) is 0 Å². The monoisotopic (exact) mass is 219 g/mol. The molecule has 0 saturated carbocycles. The van der Waals surface area contributed by atoms with Gasteiger partial charge in [-0.2, -0.15) is 0 Å². The van der Waals surface area contributed by atoms with Crippen molar-refractivity contribution in [2.45, 2.75) is 25.3 Å². The molecule has 2 unspecified atom stereocenters. The SMILES string of the molecule is CN1Cc2cc[nH]c2C(C2CCCNC2)C1. The minimum atomic E-state index is 0.705. The number of hydrogen-bond donors (Lipinski definition) is 2. The quantitative estimate of drug-likeness (QED) is 0.751. The fourth-order valence-corrected chi connectivity index (χ4v) is 3.29. The van der Waals surface area contributed by atoms with Crippen LogP contribution in [-0.2, 0) is 6.54 Å². The summed E-state index contributed by atoms with van der Waals surface area (Å²) in [6.07, 6.45) is 4.82. The van der Waals surface area contributed by atoms with Crippen molar-refractivity contribution in [2.24, 2.45) is 5.92 Å². The van der Waals surface area contributed by atoms with Gasteiger partial charge in [0.25, 0.3) is 0 Å². The highest BCUT2D eigenvalue weighted by molar-refractivity contribution is 5.27. The molecule has 2 aliphatic rings. The topological polar surface area (TPSA) is 31.1 Å². The van der Waals surface area contributed by atoms with Gasteiger partial charge in [0.1, 0.15) is 0 Å². The highest BCUT2D eigenvalue weighted by Crippen LogP contribution is 2.34. The zero-order valence-corrected chi connectivity index (χ0v) is 10.00. The summed E-state index contributed by atoms with van der Waals surface area (Å²) in [5.74, 6) is 1.52. The van der Waals surface area contributed by atoms with E-state index in [1.54, 1.807) is 0 Å². The number of nitrogens with one attached hydrogen (secondary N) is 2. The molecule has 16 heavy (non-hydrogen) atoms. The summed E-state index contributed by atoms with van der Waals surface area (Å²) in [4.78, 5) is 5.92. The Morgan fingerprint density at radius 3 is 3.19 bits per heavy atom. The first-order chi connectivity index (χ1) is 7.84. The first-order valence-electron chi connectivity index (χ1n) is 6.40. The van der Waals surface area contributed by atoms with E-state index in [-0.39, 0.29) is 0 Å². The molecule has 0 aromatic carbocycles. The van der Waals surface area contributed by atoms with Gasteiger partial charge in [0.2, 0.25) is 0 Å². The summed E-state index contributed by atoms with van der Waals surface area (Å²) in [6.45, 7) is 4.71. The fourth-order valence-electron chi connectivity index (χ4n) is 3.29. The molecular weight excluding hydrogens is 198 g/mol. The van der Waals surface area contributed by atoms with Crippen LogP contribution in [-0.4, -0.2) is 36.6 Å². The number of H-pyrrole nitrogens is 1. The molecule has 1 saturated heterocycles. The Morgan fingerprint density at radius 1 is 1.44 bits per heavy atom. The molecule has 3 nitrogen and oxygen atoms in total. The van der Waals surface area contributed by atoms with Crippen molar-refractivity contribution in [2.75, 3.05) is 26.7 Å². The first-order valence-corrected chi connectivity index (χ1v) is 6.40. The molecule has 2 aliphatic heterocycles. The van der Waals surface area contributed by atoms with Crippen molar-refractivity contribution >= 4 is 0 Å². The van der Waals surface area contributed by atoms with Crippen LogP contribution < -0.4 is 5.32 Å². The van der Waals surface area contributed by atoms with Gasteiger partial charge in [-0.1, -0.05) is 0 Å². The third-order valence-corrected chi connectivity index (χ3v) is 4.09. The number of aromatic amines is 1. The lowest BCUT2D eigenvalue weighted by Crippen LogP contribution is -2.40. The Balaban J connectivity index is 1.84. The van der Waals surface area contributed by atoms with E-state index in [1.165, 1.54) is 43.7 Å². The minimum absolute atomic E-state index is 0.705. The predicted molar refractivity (Wildman–Crippen MR) is 65.5 cm³/mol. The lowest BCUT2D eigenvalue weighted by atomic mass is 9.81. The molecule has 0 aliphatic carbocycles. The molecule has 1 aromatic rings. The highest BCUT2D eigenvalue weighted by Gasteiger charge is 2.31. The van der Waals surface area contributed by atoms with Gasteiger partial charge in [0, 0.05) is 30.9 Å². The standard InChI is InChI=1S/C13H21N3/c1-16-8-11-4-6-15-13(11)12(9-16)10-3-2-5-14-7-10/h4,6,10,12,14-15H,2-3,5,7-9H2,1H3. The molecule has 2 N–H and O–H groups in total. The summed E-state index contributed by atoms with van der Waals surface area (Å²) in [5, 5.41) is 3.54. The molecule has 0 amide bonds. The molecule has 0 radical (unpaired) electrons. The molecule has 0 spiro atoms. The minimum Gasteiger partial charge on any atom is -0.364 e. The highest BCUT2D eigenvalue weighted by atomic mass is 15.1. The maximum Gasteiger partial charge on any atom is 0.0248 e. The molecule has 3 heterocycles. The number of likely N-dealkylation sites (N-methyl/N-ethyl adjacent to an activating group) is 1. The van der Waals surface area contributed by atoms with Gasteiger partial charge in [-0.3, -0.25) is 0 Å². The van der Waals surface area contributed by atoms with E-state index < -0.39 is 0 Å². The Labute approximate surface area is 97.2 Å². The largest absolute Gasteiger partial charge is 0.364 e. The van der Waals surface area contributed by atoms with Crippen LogP contribution in [0, 0.1) is 5.92 Å². The van der Waals surface area contributed by atoms with Crippen molar-refractivity contribution in [3.63, 3.8) is 0 Å². The van der Waals surface area contributed by atoms with Crippen molar-refractivity contribution in [3.05, 3.63) is 23.5 Å². The predicted octanol–water partition coefficient (Wildman–Crippen LogP) is 1.54. The maximum absolute atomic E-state index is 3.54.